The SMILES string of the molecule is CCCCCCCCCCCCCCCCCCCCCC(=O)Oc1ccc(C(=O)CNC(C)C)cc1OC(=O)CCCCCCCCCCCCCCCCCCCCC. The van der Waals surface area contributed by atoms with Crippen molar-refractivity contribution < 1.29 is 23.9 Å². The van der Waals surface area contributed by atoms with E-state index in [4.69, 9.17) is 9.47 Å². The van der Waals surface area contributed by atoms with Gasteiger partial charge in [0.15, 0.2) is 17.3 Å². The number of esters is 2. The maximum absolute atomic E-state index is 12.9. The van der Waals surface area contributed by atoms with Gasteiger partial charge in [0.2, 0.25) is 0 Å². The Labute approximate surface area is 378 Å². The first kappa shape index (κ1) is 56.8. The van der Waals surface area contributed by atoms with E-state index in [1.54, 1.807) is 18.2 Å². The molecule has 0 unspecified atom stereocenters. The predicted octanol–water partition coefficient (Wildman–Crippen LogP) is 17.3. The first-order chi connectivity index (χ1) is 29.9. The molecule has 0 saturated heterocycles. The molecule has 0 heterocycles. The van der Waals surface area contributed by atoms with E-state index in [0.29, 0.717) is 18.4 Å². The molecule has 1 aromatic carbocycles. The van der Waals surface area contributed by atoms with Gasteiger partial charge in [-0.25, -0.2) is 0 Å². The molecule has 1 rings (SSSR count). The number of unbranched alkanes of at least 4 members (excludes halogenated alkanes) is 36. The fraction of sp³-hybridized carbons (Fsp3) is 0.836. The first-order valence-electron chi connectivity index (χ1n) is 26.7. The molecule has 0 bridgehead atoms. The fourth-order valence-electron chi connectivity index (χ4n) is 8.29. The molecule has 0 spiro atoms. The molecule has 0 aromatic heterocycles. The lowest BCUT2D eigenvalue weighted by Crippen LogP contribution is -2.29. The Morgan fingerprint density at radius 3 is 0.984 bits per heavy atom. The standard InChI is InChI=1S/C55H99NO5/c1-5-7-9-11-13-15-17-19-21-23-25-27-29-31-33-35-37-39-41-43-54(58)60-52-46-45-50(51(57)48-56-49(3)4)47-53(52)61-55(59)44-42-40-38-36-34-32-30-28-26-24-22-20-18-16-14-12-10-8-6-2/h45-47,49,56H,5-44,48H2,1-4H3. The number of carbonyl (C=O) groups excluding carboxylic acids is 3. The Kier molecular flexibility index (Phi) is 40.1. The smallest absolute Gasteiger partial charge is 0.311 e. The summed E-state index contributed by atoms with van der Waals surface area (Å²) in [7, 11) is 0. The highest BCUT2D eigenvalue weighted by Gasteiger charge is 2.17. The van der Waals surface area contributed by atoms with Gasteiger partial charge in [-0.3, -0.25) is 14.4 Å². The van der Waals surface area contributed by atoms with Crippen LogP contribution >= 0.6 is 0 Å². The van der Waals surface area contributed by atoms with Crippen molar-refractivity contribution in [1.82, 2.24) is 5.32 Å². The Morgan fingerprint density at radius 2 is 0.689 bits per heavy atom. The first-order valence-corrected chi connectivity index (χ1v) is 26.7. The fourth-order valence-corrected chi connectivity index (χ4v) is 8.29. The molecule has 0 amide bonds. The van der Waals surface area contributed by atoms with E-state index in [9.17, 15) is 14.4 Å². The average molecular weight is 854 g/mol. The van der Waals surface area contributed by atoms with Gasteiger partial charge in [0.1, 0.15) is 0 Å². The summed E-state index contributed by atoms with van der Waals surface area (Å²) >= 11 is 0. The molecule has 0 saturated carbocycles. The monoisotopic (exact) mass is 854 g/mol. The van der Waals surface area contributed by atoms with Crippen molar-refractivity contribution >= 4 is 17.7 Å². The van der Waals surface area contributed by atoms with Crippen molar-refractivity contribution in [3.8, 4) is 11.5 Å². The minimum atomic E-state index is -0.354. The highest BCUT2D eigenvalue weighted by molar-refractivity contribution is 5.98. The van der Waals surface area contributed by atoms with Gasteiger partial charge in [-0.2, -0.15) is 0 Å². The van der Waals surface area contributed by atoms with Crippen molar-refractivity contribution in [3.63, 3.8) is 0 Å². The van der Waals surface area contributed by atoms with Crippen LogP contribution in [0.25, 0.3) is 0 Å². The molecular weight excluding hydrogens is 755 g/mol. The number of carbonyl (C=O) groups is 3. The third-order valence-electron chi connectivity index (χ3n) is 12.4. The Hall–Kier alpha value is -2.21. The summed E-state index contributed by atoms with van der Waals surface area (Å²) < 4.78 is 11.5. The number of ether oxygens (including phenoxy) is 2. The van der Waals surface area contributed by atoms with Crippen LogP contribution in [0.5, 0.6) is 11.5 Å². The minimum Gasteiger partial charge on any atom is -0.423 e. The van der Waals surface area contributed by atoms with Crippen molar-refractivity contribution in [2.24, 2.45) is 0 Å². The molecule has 1 N–H and O–H groups in total. The molecule has 0 aliphatic rings. The van der Waals surface area contributed by atoms with Crippen molar-refractivity contribution in [2.45, 2.75) is 291 Å². The topological polar surface area (TPSA) is 81.7 Å². The summed E-state index contributed by atoms with van der Waals surface area (Å²) in [6, 6.07) is 4.97. The largest absolute Gasteiger partial charge is 0.423 e. The second kappa shape index (κ2) is 43.1. The normalized spacial score (nSPS) is 11.4. The van der Waals surface area contributed by atoms with Crippen molar-refractivity contribution in [3.05, 3.63) is 23.8 Å². The third kappa shape index (κ3) is 36.9. The zero-order chi connectivity index (χ0) is 44.3. The van der Waals surface area contributed by atoms with Crippen LogP contribution in [-0.4, -0.2) is 30.3 Å². The zero-order valence-corrected chi connectivity index (χ0v) is 40.8. The molecule has 0 aliphatic carbocycles. The van der Waals surface area contributed by atoms with Gasteiger partial charge in [0, 0.05) is 24.4 Å². The number of benzene rings is 1. The van der Waals surface area contributed by atoms with Crippen molar-refractivity contribution in [2.75, 3.05) is 6.54 Å². The molecule has 61 heavy (non-hydrogen) atoms. The lowest BCUT2D eigenvalue weighted by molar-refractivity contribution is -0.137. The summed E-state index contributed by atoms with van der Waals surface area (Å²) in [5, 5.41) is 3.15. The van der Waals surface area contributed by atoms with E-state index in [1.165, 1.54) is 205 Å². The number of Topliss-reactive ketones (excluding diaryl/α,β-unsaturated/α-hetero) is 1. The van der Waals surface area contributed by atoms with Crippen LogP contribution in [0.4, 0.5) is 0 Å². The lowest BCUT2D eigenvalue weighted by atomic mass is 10.0. The van der Waals surface area contributed by atoms with Crippen LogP contribution in [0, 0.1) is 0 Å². The Bertz CT molecular complexity index is 1160. The number of hydrogen-bond acceptors (Lipinski definition) is 6. The number of hydrogen-bond donors (Lipinski definition) is 1. The number of ketones is 1. The van der Waals surface area contributed by atoms with Gasteiger partial charge < -0.3 is 14.8 Å². The Morgan fingerprint density at radius 1 is 0.410 bits per heavy atom. The molecule has 354 valence electrons. The van der Waals surface area contributed by atoms with E-state index in [-0.39, 0.29) is 41.8 Å². The molecule has 0 atom stereocenters. The predicted molar refractivity (Wildman–Crippen MR) is 261 cm³/mol. The molecule has 0 fully saturated rings. The molecular formula is C55H99NO5. The molecule has 0 aliphatic heterocycles. The van der Waals surface area contributed by atoms with E-state index in [1.807, 2.05) is 13.8 Å². The number of nitrogens with one attached hydrogen (secondary N) is 1. The minimum absolute atomic E-state index is 0.100. The second-order valence-electron chi connectivity index (χ2n) is 18.8. The van der Waals surface area contributed by atoms with E-state index >= 15 is 0 Å². The average Bonchev–Trinajstić information content (AvgIpc) is 3.25. The highest BCUT2D eigenvalue weighted by atomic mass is 16.6. The van der Waals surface area contributed by atoms with Gasteiger partial charge in [0.05, 0.1) is 6.54 Å². The van der Waals surface area contributed by atoms with E-state index in [2.05, 4.69) is 19.2 Å². The van der Waals surface area contributed by atoms with Gasteiger partial charge in [0.25, 0.3) is 0 Å². The van der Waals surface area contributed by atoms with Crippen LogP contribution in [0.1, 0.15) is 295 Å². The van der Waals surface area contributed by atoms with E-state index < -0.39 is 0 Å². The van der Waals surface area contributed by atoms with Crippen molar-refractivity contribution in [1.29, 1.82) is 0 Å². The lowest BCUT2D eigenvalue weighted by Gasteiger charge is -2.13. The van der Waals surface area contributed by atoms with E-state index in [0.717, 1.165) is 38.5 Å². The van der Waals surface area contributed by atoms with Gasteiger partial charge >= 0.3 is 11.9 Å². The zero-order valence-electron chi connectivity index (χ0n) is 40.8. The molecule has 6 nitrogen and oxygen atoms in total. The van der Waals surface area contributed by atoms with Crippen LogP contribution in [-0.2, 0) is 9.59 Å². The Balaban J connectivity index is 2.24. The second-order valence-corrected chi connectivity index (χ2v) is 18.8. The molecule has 0 radical (unpaired) electrons. The summed E-state index contributed by atoms with van der Waals surface area (Å²) in [6.07, 6.45) is 50.4. The van der Waals surface area contributed by atoms with Crippen LogP contribution in [0.15, 0.2) is 18.2 Å². The third-order valence-corrected chi connectivity index (χ3v) is 12.4. The maximum atomic E-state index is 12.9. The highest BCUT2D eigenvalue weighted by Crippen LogP contribution is 2.30. The summed E-state index contributed by atoms with van der Waals surface area (Å²) in [6.45, 7) is 8.73. The summed E-state index contributed by atoms with van der Waals surface area (Å²) in [5.41, 5.74) is 0.429. The van der Waals surface area contributed by atoms with Gasteiger partial charge in [-0.1, -0.05) is 259 Å². The summed E-state index contributed by atoms with van der Waals surface area (Å²) in [5.74, 6) is -0.425. The van der Waals surface area contributed by atoms with Gasteiger partial charge in [-0.15, -0.1) is 0 Å². The van der Waals surface area contributed by atoms with Crippen LogP contribution < -0.4 is 14.8 Å². The van der Waals surface area contributed by atoms with Crippen LogP contribution in [0.3, 0.4) is 0 Å². The van der Waals surface area contributed by atoms with Gasteiger partial charge in [-0.05, 0) is 31.0 Å². The van der Waals surface area contributed by atoms with Crippen LogP contribution in [0.2, 0.25) is 0 Å². The maximum Gasteiger partial charge on any atom is 0.311 e. The quantitative estimate of drug-likeness (QED) is 0.0304. The summed E-state index contributed by atoms with van der Waals surface area (Å²) in [4.78, 5) is 38.6. The molecule has 1 aromatic rings. The molecule has 6 heteroatoms. The number of rotatable bonds is 46.